The topological polar surface area (TPSA) is 50.2 Å². The van der Waals surface area contributed by atoms with Crippen LogP contribution >= 0.6 is 0 Å². The van der Waals surface area contributed by atoms with E-state index in [-0.39, 0.29) is 6.03 Å². The minimum atomic E-state index is -0.0804. The Hall–Kier alpha value is -2.30. The highest BCUT2D eigenvalue weighted by Gasteiger charge is 2.15. The van der Waals surface area contributed by atoms with Crippen molar-refractivity contribution in [2.75, 3.05) is 18.9 Å². The van der Waals surface area contributed by atoms with Gasteiger partial charge in [0.15, 0.2) is 0 Å². The van der Waals surface area contributed by atoms with Gasteiger partial charge in [0, 0.05) is 38.2 Å². The van der Waals surface area contributed by atoms with Crippen LogP contribution in [0.1, 0.15) is 49.4 Å². The molecule has 5 nitrogen and oxygen atoms in total. The number of anilines is 1. The minimum absolute atomic E-state index is 0.0804. The van der Waals surface area contributed by atoms with Gasteiger partial charge in [-0.3, -0.25) is 0 Å². The van der Waals surface area contributed by atoms with Crippen molar-refractivity contribution in [2.45, 2.75) is 51.5 Å². The summed E-state index contributed by atoms with van der Waals surface area (Å²) >= 11 is 0. The summed E-state index contributed by atoms with van der Waals surface area (Å²) in [7, 11) is 1.82. The smallest absolute Gasteiger partial charge is 0.321 e. The molecule has 1 aliphatic carbocycles. The van der Waals surface area contributed by atoms with Gasteiger partial charge in [0.1, 0.15) is 5.82 Å². The molecule has 1 aromatic carbocycles. The van der Waals surface area contributed by atoms with Crippen LogP contribution in [0.15, 0.2) is 36.7 Å². The van der Waals surface area contributed by atoms with Crippen LogP contribution in [-0.2, 0) is 6.54 Å². The molecule has 3 rings (SSSR count). The largest absolute Gasteiger partial charge is 0.333 e. The highest BCUT2D eigenvalue weighted by molar-refractivity contribution is 5.89. The first-order valence-electron chi connectivity index (χ1n) is 9.23. The molecular weight excluding hydrogens is 312 g/mol. The van der Waals surface area contributed by atoms with Gasteiger partial charge in [-0.25, -0.2) is 9.78 Å². The Morgan fingerprint density at radius 3 is 2.60 bits per heavy atom. The third kappa shape index (κ3) is 4.62. The van der Waals surface area contributed by atoms with Crippen molar-refractivity contribution in [3.63, 3.8) is 0 Å². The normalized spacial score (nSPS) is 15.1. The van der Waals surface area contributed by atoms with Crippen molar-refractivity contribution in [2.24, 2.45) is 0 Å². The first-order chi connectivity index (χ1) is 12.1. The number of likely N-dealkylation sites (N-methyl/N-ethyl adjacent to an activating group) is 1. The predicted molar refractivity (Wildman–Crippen MR) is 101 cm³/mol. The number of amides is 2. The molecule has 2 aromatic rings. The van der Waals surface area contributed by atoms with Crippen molar-refractivity contribution < 1.29 is 4.79 Å². The number of nitrogens with one attached hydrogen (secondary N) is 1. The zero-order chi connectivity index (χ0) is 17.6. The lowest BCUT2D eigenvalue weighted by Crippen LogP contribution is -2.33. The van der Waals surface area contributed by atoms with Crippen LogP contribution in [0.25, 0.3) is 0 Å². The molecule has 5 heteroatoms. The number of nitrogens with zero attached hydrogens (tertiary/aromatic N) is 3. The molecule has 0 spiro atoms. The average Bonchev–Trinajstić information content (AvgIpc) is 3.06. The van der Waals surface area contributed by atoms with Gasteiger partial charge in [-0.15, -0.1) is 0 Å². The number of aryl methyl sites for hydroxylation is 1. The lowest BCUT2D eigenvalue weighted by molar-refractivity contribution is 0.220. The first kappa shape index (κ1) is 17.5. The van der Waals surface area contributed by atoms with E-state index in [1.807, 2.05) is 36.9 Å². The Balaban J connectivity index is 1.50. The molecule has 0 radical (unpaired) electrons. The summed E-state index contributed by atoms with van der Waals surface area (Å²) < 4.78 is 2.04. The number of hydrogen-bond acceptors (Lipinski definition) is 2. The van der Waals surface area contributed by atoms with Gasteiger partial charge >= 0.3 is 6.03 Å². The molecule has 1 fully saturated rings. The van der Waals surface area contributed by atoms with E-state index in [0.29, 0.717) is 12.5 Å². The molecule has 134 valence electrons. The Bertz CT molecular complexity index is 686. The Kier molecular flexibility index (Phi) is 5.74. The van der Waals surface area contributed by atoms with Crippen LogP contribution in [0.4, 0.5) is 10.5 Å². The van der Waals surface area contributed by atoms with E-state index in [4.69, 9.17) is 0 Å². The van der Waals surface area contributed by atoms with Crippen LogP contribution in [0.2, 0.25) is 0 Å². The summed E-state index contributed by atoms with van der Waals surface area (Å²) in [4.78, 5) is 18.2. The molecule has 0 saturated heterocycles. The number of imidazole rings is 1. The highest BCUT2D eigenvalue weighted by Crippen LogP contribution is 2.32. The number of carbonyl (C=O) groups is 1. The number of hydrogen-bond donors (Lipinski definition) is 1. The molecule has 0 bridgehead atoms. The Morgan fingerprint density at radius 2 is 1.96 bits per heavy atom. The molecule has 2 amide bonds. The number of benzene rings is 1. The third-order valence-electron chi connectivity index (χ3n) is 5.19. The third-order valence-corrected chi connectivity index (χ3v) is 5.19. The minimum Gasteiger partial charge on any atom is -0.333 e. The van der Waals surface area contributed by atoms with Crippen molar-refractivity contribution in [1.29, 1.82) is 0 Å². The maximum absolute atomic E-state index is 12.3. The van der Waals surface area contributed by atoms with Crippen LogP contribution in [0, 0.1) is 6.92 Å². The van der Waals surface area contributed by atoms with Crippen LogP contribution < -0.4 is 5.32 Å². The average molecular weight is 340 g/mol. The van der Waals surface area contributed by atoms with Gasteiger partial charge in [0.05, 0.1) is 0 Å². The van der Waals surface area contributed by atoms with Crippen molar-refractivity contribution in [3.05, 3.63) is 48.0 Å². The Morgan fingerprint density at radius 1 is 1.24 bits per heavy atom. The standard InChI is InChI=1S/C20H28N4O/c1-16-21-12-13-24(16)15-14-23(2)20(25)22-19-10-8-18(9-11-19)17-6-4-3-5-7-17/h8-13,17H,3-7,14-15H2,1-2H3,(H,22,25). The molecule has 1 N–H and O–H groups in total. The molecule has 0 aliphatic heterocycles. The maximum Gasteiger partial charge on any atom is 0.321 e. The molecule has 0 unspecified atom stereocenters. The molecule has 1 aromatic heterocycles. The van der Waals surface area contributed by atoms with Gasteiger partial charge in [-0.1, -0.05) is 31.4 Å². The fraction of sp³-hybridized carbons (Fsp3) is 0.500. The van der Waals surface area contributed by atoms with Gasteiger partial charge in [-0.05, 0) is 43.4 Å². The predicted octanol–water partition coefficient (Wildman–Crippen LogP) is 4.40. The maximum atomic E-state index is 12.3. The van der Waals surface area contributed by atoms with Gasteiger partial charge in [0.2, 0.25) is 0 Å². The zero-order valence-corrected chi connectivity index (χ0v) is 15.2. The van der Waals surface area contributed by atoms with Crippen LogP contribution in [0.3, 0.4) is 0 Å². The van der Waals surface area contributed by atoms with E-state index >= 15 is 0 Å². The SMILES string of the molecule is Cc1nccn1CCN(C)C(=O)Nc1ccc(C2CCCCC2)cc1. The lowest BCUT2D eigenvalue weighted by Gasteiger charge is -2.22. The summed E-state index contributed by atoms with van der Waals surface area (Å²) in [5, 5.41) is 2.98. The van der Waals surface area contributed by atoms with Gasteiger partial charge in [-0.2, -0.15) is 0 Å². The highest BCUT2D eigenvalue weighted by atomic mass is 16.2. The molecule has 1 heterocycles. The monoisotopic (exact) mass is 340 g/mol. The number of rotatable bonds is 5. The van der Waals surface area contributed by atoms with Gasteiger partial charge in [0.25, 0.3) is 0 Å². The van der Waals surface area contributed by atoms with E-state index < -0.39 is 0 Å². The summed E-state index contributed by atoms with van der Waals surface area (Å²) in [5.74, 6) is 1.66. The second-order valence-electron chi connectivity index (χ2n) is 6.98. The molecule has 1 saturated carbocycles. The fourth-order valence-corrected chi connectivity index (χ4v) is 3.49. The van der Waals surface area contributed by atoms with E-state index in [2.05, 4.69) is 22.4 Å². The quantitative estimate of drug-likeness (QED) is 0.877. The van der Waals surface area contributed by atoms with E-state index in [9.17, 15) is 4.79 Å². The molecular formula is C20H28N4O. The molecule has 0 atom stereocenters. The van der Waals surface area contributed by atoms with E-state index in [1.54, 1.807) is 11.1 Å². The van der Waals surface area contributed by atoms with E-state index in [1.165, 1.54) is 37.7 Å². The Labute approximate surface area is 150 Å². The lowest BCUT2D eigenvalue weighted by atomic mass is 9.84. The van der Waals surface area contributed by atoms with E-state index in [0.717, 1.165) is 18.1 Å². The molecule has 25 heavy (non-hydrogen) atoms. The van der Waals surface area contributed by atoms with Crippen molar-refractivity contribution in [3.8, 4) is 0 Å². The second-order valence-corrected chi connectivity index (χ2v) is 6.98. The zero-order valence-electron chi connectivity index (χ0n) is 15.2. The summed E-state index contributed by atoms with van der Waals surface area (Å²) in [6, 6.07) is 8.30. The number of urea groups is 1. The number of aromatic nitrogens is 2. The second kappa shape index (κ2) is 8.19. The summed E-state index contributed by atoms with van der Waals surface area (Å²) in [6.45, 7) is 3.35. The van der Waals surface area contributed by atoms with Crippen LogP contribution in [0.5, 0.6) is 0 Å². The number of carbonyl (C=O) groups excluding carboxylic acids is 1. The van der Waals surface area contributed by atoms with Crippen molar-refractivity contribution >= 4 is 11.7 Å². The summed E-state index contributed by atoms with van der Waals surface area (Å²) in [5.41, 5.74) is 2.26. The fourth-order valence-electron chi connectivity index (χ4n) is 3.49. The molecule has 1 aliphatic rings. The van der Waals surface area contributed by atoms with Gasteiger partial charge < -0.3 is 14.8 Å². The first-order valence-corrected chi connectivity index (χ1v) is 9.23. The van der Waals surface area contributed by atoms with Crippen molar-refractivity contribution in [1.82, 2.24) is 14.5 Å². The summed E-state index contributed by atoms with van der Waals surface area (Å²) in [6.07, 6.45) is 10.4. The van der Waals surface area contributed by atoms with Crippen LogP contribution in [-0.4, -0.2) is 34.1 Å².